The first kappa shape index (κ1) is 7.13. The molecule has 0 unspecified atom stereocenters. The number of benzene rings is 1. The molecule has 0 bridgehead atoms. The number of hydrogen-bond donors (Lipinski definition) is 0. The summed E-state index contributed by atoms with van der Waals surface area (Å²) in [6.45, 7) is 3.77. The highest BCUT2D eigenvalue weighted by Gasteiger charge is 1.89. The standard InChI is InChI=1S/C9H11O/c1-3-8-4-6-9(10-2)7-5-8/h4-7H,1,3H2,2H3. The highest BCUT2D eigenvalue weighted by molar-refractivity contribution is 5.27. The summed E-state index contributed by atoms with van der Waals surface area (Å²) in [5.74, 6) is 0.900. The first-order chi connectivity index (χ1) is 4.86. The van der Waals surface area contributed by atoms with Crippen LogP contribution in [0.4, 0.5) is 0 Å². The molecule has 1 nitrogen and oxygen atoms in total. The predicted octanol–water partition coefficient (Wildman–Crippen LogP) is 2.07. The van der Waals surface area contributed by atoms with Crippen LogP contribution in [0.15, 0.2) is 24.3 Å². The maximum Gasteiger partial charge on any atom is 0.118 e. The minimum absolute atomic E-state index is 0.837. The SMILES string of the molecule is [CH2]Cc1ccc(OC)cc1. The summed E-state index contributed by atoms with van der Waals surface area (Å²) in [6, 6.07) is 7.93. The van der Waals surface area contributed by atoms with Gasteiger partial charge < -0.3 is 4.74 Å². The normalized spacial score (nSPS) is 9.40. The first-order valence-corrected chi connectivity index (χ1v) is 3.29. The van der Waals surface area contributed by atoms with Gasteiger partial charge in [-0.25, -0.2) is 0 Å². The molecule has 0 saturated carbocycles. The lowest BCUT2D eigenvalue weighted by Gasteiger charge is -1.99. The predicted molar refractivity (Wildman–Crippen MR) is 42.1 cm³/mol. The Kier molecular flexibility index (Phi) is 2.32. The van der Waals surface area contributed by atoms with Crippen molar-refractivity contribution in [3.05, 3.63) is 36.8 Å². The van der Waals surface area contributed by atoms with Crippen LogP contribution in [0.25, 0.3) is 0 Å². The summed E-state index contributed by atoms with van der Waals surface area (Å²) in [6.07, 6.45) is 0.837. The Labute approximate surface area is 61.6 Å². The fraction of sp³-hybridized carbons (Fsp3) is 0.222. The fourth-order valence-electron chi connectivity index (χ4n) is 0.792. The van der Waals surface area contributed by atoms with Crippen LogP contribution in [-0.4, -0.2) is 7.11 Å². The minimum Gasteiger partial charge on any atom is -0.497 e. The van der Waals surface area contributed by atoms with Crippen LogP contribution < -0.4 is 4.74 Å². The number of hydrogen-bond acceptors (Lipinski definition) is 1. The second kappa shape index (κ2) is 3.25. The van der Waals surface area contributed by atoms with E-state index in [1.165, 1.54) is 5.56 Å². The minimum atomic E-state index is 0.837. The van der Waals surface area contributed by atoms with E-state index in [0.29, 0.717) is 0 Å². The van der Waals surface area contributed by atoms with Gasteiger partial charge in [-0.05, 0) is 31.0 Å². The zero-order valence-corrected chi connectivity index (χ0v) is 6.13. The van der Waals surface area contributed by atoms with Gasteiger partial charge in [0.1, 0.15) is 5.75 Å². The summed E-state index contributed by atoms with van der Waals surface area (Å²) >= 11 is 0. The Hall–Kier alpha value is -0.980. The lowest BCUT2D eigenvalue weighted by molar-refractivity contribution is 0.414. The topological polar surface area (TPSA) is 9.23 Å². The molecule has 1 heteroatoms. The van der Waals surface area contributed by atoms with Gasteiger partial charge in [0.2, 0.25) is 0 Å². The summed E-state index contributed by atoms with van der Waals surface area (Å²) in [7, 11) is 1.67. The molecule has 0 atom stereocenters. The maximum absolute atomic E-state index is 4.99. The molecule has 0 fully saturated rings. The van der Waals surface area contributed by atoms with Crippen molar-refractivity contribution in [2.75, 3.05) is 7.11 Å². The van der Waals surface area contributed by atoms with E-state index in [1.807, 2.05) is 24.3 Å². The molecular formula is C9H11O. The summed E-state index contributed by atoms with van der Waals surface area (Å²) in [5.41, 5.74) is 1.24. The van der Waals surface area contributed by atoms with Crippen LogP contribution >= 0.6 is 0 Å². The van der Waals surface area contributed by atoms with Crippen molar-refractivity contribution in [1.29, 1.82) is 0 Å². The van der Waals surface area contributed by atoms with E-state index >= 15 is 0 Å². The molecule has 0 heterocycles. The molecule has 0 aliphatic heterocycles. The van der Waals surface area contributed by atoms with Gasteiger partial charge in [0.05, 0.1) is 7.11 Å². The van der Waals surface area contributed by atoms with Gasteiger partial charge in [0, 0.05) is 0 Å². The largest absolute Gasteiger partial charge is 0.497 e. The third-order valence-electron chi connectivity index (χ3n) is 1.45. The van der Waals surface area contributed by atoms with Gasteiger partial charge in [0.15, 0.2) is 0 Å². The van der Waals surface area contributed by atoms with E-state index in [2.05, 4.69) is 6.92 Å². The molecule has 1 aromatic carbocycles. The van der Waals surface area contributed by atoms with E-state index < -0.39 is 0 Å². The Balaban J connectivity index is 2.80. The molecule has 0 amide bonds. The van der Waals surface area contributed by atoms with Gasteiger partial charge in [-0.1, -0.05) is 12.1 Å². The zero-order valence-electron chi connectivity index (χ0n) is 6.13. The molecule has 0 aliphatic rings. The molecule has 0 aliphatic carbocycles. The molecular weight excluding hydrogens is 124 g/mol. The Morgan fingerprint density at radius 2 is 1.90 bits per heavy atom. The average Bonchev–Trinajstić information content (AvgIpc) is 2.05. The van der Waals surface area contributed by atoms with Gasteiger partial charge in [-0.2, -0.15) is 0 Å². The van der Waals surface area contributed by atoms with E-state index in [9.17, 15) is 0 Å². The second-order valence-corrected chi connectivity index (χ2v) is 2.10. The molecule has 10 heavy (non-hydrogen) atoms. The lowest BCUT2D eigenvalue weighted by atomic mass is 10.2. The Morgan fingerprint density at radius 3 is 2.30 bits per heavy atom. The monoisotopic (exact) mass is 135 g/mol. The van der Waals surface area contributed by atoms with Gasteiger partial charge in [-0.3, -0.25) is 0 Å². The molecule has 0 saturated heterocycles. The molecule has 1 aromatic rings. The zero-order chi connectivity index (χ0) is 7.40. The third-order valence-corrected chi connectivity index (χ3v) is 1.45. The quantitative estimate of drug-likeness (QED) is 0.603. The molecule has 0 spiro atoms. The van der Waals surface area contributed by atoms with Crippen molar-refractivity contribution in [2.24, 2.45) is 0 Å². The van der Waals surface area contributed by atoms with Gasteiger partial charge >= 0.3 is 0 Å². The van der Waals surface area contributed by atoms with Crippen molar-refractivity contribution < 1.29 is 4.74 Å². The summed E-state index contributed by atoms with van der Waals surface area (Å²) < 4.78 is 4.99. The van der Waals surface area contributed by atoms with Crippen LogP contribution in [0.1, 0.15) is 5.56 Å². The average molecular weight is 135 g/mol. The van der Waals surface area contributed by atoms with Crippen LogP contribution in [0.2, 0.25) is 0 Å². The fourth-order valence-corrected chi connectivity index (χ4v) is 0.792. The number of ether oxygens (including phenoxy) is 1. The molecule has 1 radical (unpaired) electrons. The molecule has 1 rings (SSSR count). The summed E-state index contributed by atoms with van der Waals surface area (Å²) in [4.78, 5) is 0. The number of rotatable bonds is 2. The lowest BCUT2D eigenvalue weighted by Crippen LogP contribution is -1.83. The Morgan fingerprint density at radius 1 is 1.30 bits per heavy atom. The van der Waals surface area contributed by atoms with Crippen LogP contribution in [0.3, 0.4) is 0 Å². The van der Waals surface area contributed by atoms with Crippen molar-refractivity contribution in [3.8, 4) is 5.75 Å². The van der Waals surface area contributed by atoms with Gasteiger partial charge in [-0.15, -0.1) is 0 Å². The Bertz CT molecular complexity index is 165. The maximum atomic E-state index is 4.99. The van der Waals surface area contributed by atoms with Crippen LogP contribution in [0, 0.1) is 6.92 Å². The second-order valence-electron chi connectivity index (χ2n) is 2.10. The molecule has 0 aromatic heterocycles. The van der Waals surface area contributed by atoms with E-state index in [4.69, 9.17) is 4.74 Å². The van der Waals surface area contributed by atoms with E-state index in [1.54, 1.807) is 7.11 Å². The van der Waals surface area contributed by atoms with Crippen LogP contribution in [0.5, 0.6) is 5.75 Å². The highest BCUT2D eigenvalue weighted by atomic mass is 16.5. The van der Waals surface area contributed by atoms with Crippen molar-refractivity contribution in [1.82, 2.24) is 0 Å². The highest BCUT2D eigenvalue weighted by Crippen LogP contribution is 2.10. The van der Waals surface area contributed by atoms with Crippen molar-refractivity contribution in [3.63, 3.8) is 0 Å². The van der Waals surface area contributed by atoms with Crippen molar-refractivity contribution >= 4 is 0 Å². The third kappa shape index (κ3) is 1.50. The molecule has 53 valence electrons. The van der Waals surface area contributed by atoms with Gasteiger partial charge in [0.25, 0.3) is 0 Å². The smallest absolute Gasteiger partial charge is 0.118 e. The molecule has 0 N–H and O–H groups in total. The number of methoxy groups -OCH3 is 1. The van der Waals surface area contributed by atoms with E-state index in [0.717, 1.165) is 12.2 Å². The van der Waals surface area contributed by atoms with Crippen LogP contribution in [-0.2, 0) is 6.42 Å². The van der Waals surface area contributed by atoms with E-state index in [-0.39, 0.29) is 0 Å². The summed E-state index contributed by atoms with van der Waals surface area (Å²) in [5, 5.41) is 0. The first-order valence-electron chi connectivity index (χ1n) is 3.29. The van der Waals surface area contributed by atoms with Crippen molar-refractivity contribution in [2.45, 2.75) is 6.42 Å².